The fourth-order valence-electron chi connectivity index (χ4n) is 4.15. The Hall–Kier alpha value is -2.47. The van der Waals surface area contributed by atoms with Gasteiger partial charge in [-0.15, -0.1) is 0 Å². The highest BCUT2D eigenvalue weighted by Crippen LogP contribution is 2.28. The number of thiocarbonyl (C=S) groups is 1. The van der Waals surface area contributed by atoms with Crippen LogP contribution >= 0.6 is 12.2 Å². The van der Waals surface area contributed by atoms with Gasteiger partial charge in [0.1, 0.15) is 5.57 Å². The smallest absolute Gasteiger partial charge is 0.265 e. The molecular formula is C21H23N3O2S. The molecule has 1 aliphatic heterocycles. The topological polar surface area (TPSA) is 54.3 Å². The highest BCUT2D eigenvalue weighted by atomic mass is 32.1. The number of aryl methyl sites for hydroxylation is 1. The van der Waals surface area contributed by atoms with E-state index in [9.17, 15) is 9.59 Å². The number of carbonyl (C=O) groups excluding carboxylic acids is 2. The van der Waals surface area contributed by atoms with Crippen molar-refractivity contribution in [1.82, 2.24) is 14.8 Å². The zero-order valence-corrected chi connectivity index (χ0v) is 16.2. The molecule has 27 heavy (non-hydrogen) atoms. The molecule has 2 fully saturated rings. The van der Waals surface area contributed by atoms with Crippen LogP contribution in [-0.2, 0) is 16.1 Å². The van der Waals surface area contributed by atoms with Gasteiger partial charge in [0, 0.05) is 35.2 Å². The first-order valence-corrected chi connectivity index (χ1v) is 9.99. The van der Waals surface area contributed by atoms with Gasteiger partial charge < -0.3 is 4.57 Å². The van der Waals surface area contributed by atoms with E-state index in [2.05, 4.69) is 16.8 Å². The molecule has 6 heteroatoms. The molecule has 2 heterocycles. The number of hydrogen-bond donors (Lipinski definition) is 1. The van der Waals surface area contributed by atoms with Gasteiger partial charge in [0.05, 0.1) is 0 Å². The molecule has 2 aromatic rings. The van der Waals surface area contributed by atoms with Crippen LogP contribution in [0.1, 0.15) is 44.6 Å². The average Bonchev–Trinajstić information content (AvgIpc) is 3.04. The summed E-state index contributed by atoms with van der Waals surface area (Å²) in [6.45, 7) is 2.90. The van der Waals surface area contributed by atoms with Crippen molar-refractivity contribution in [2.75, 3.05) is 0 Å². The van der Waals surface area contributed by atoms with Gasteiger partial charge in [-0.25, -0.2) is 0 Å². The molecule has 0 unspecified atom stereocenters. The van der Waals surface area contributed by atoms with Gasteiger partial charge in [-0.3, -0.25) is 19.8 Å². The Morgan fingerprint density at radius 2 is 1.93 bits per heavy atom. The second kappa shape index (κ2) is 7.27. The van der Waals surface area contributed by atoms with E-state index in [-0.39, 0.29) is 22.6 Å². The van der Waals surface area contributed by atoms with Gasteiger partial charge in [0.15, 0.2) is 5.11 Å². The van der Waals surface area contributed by atoms with E-state index in [0.717, 1.165) is 48.7 Å². The van der Waals surface area contributed by atoms with Crippen molar-refractivity contribution in [2.24, 2.45) is 0 Å². The summed E-state index contributed by atoms with van der Waals surface area (Å²) in [6, 6.07) is 8.11. The van der Waals surface area contributed by atoms with Gasteiger partial charge in [-0.05, 0) is 44.1 Å². The second-order valence-electron chi connectivity index (χ2n) is 7.17. The molecule has 2 amide bonds. The highest BCUT2D eigenvalue weighted by Gasteiger charge is 2.38. The lowest BCUT2D eigenvalue weighted by Crippen LogP contribution is -2.57. The third-order valence-electron chi connectivity index (χ3n) is 5.53. The summed E-state index contributed by atoms with van der Waals surface area (Å²) >= 11 is 5.32. The first-order chi connectivity index (χ1) is 13.1. The number of rotatable bonds is 3. The largest absolute Gasteiger partial charge is 0.347 e. The van der Waals surface area contributed by atoms with Crippen LogP contribution < -0.4 is 5.32 Å². The van der Waals surface area contributed by atoms with E-state index in [0.29, 0.717) is 0 Å². The van der Waals surface area contributed by atoms with E-state index in [1.165, 1.54) is 6.42 Å². The van der Waals surface area contributed by atoms with Crippen molar-refractivity contribution in [3.8, 4) is 0 Å². The predicted octanol–water partition coefficient (Wildman–Crippen LogP) is 3.62. The van der Waals surface area contributed by atoms with E-state index < -0.39 is 5.91 Å². The molecule has 0 atom stereocenters. The monoisotopic (exact) mass is 381 g/mol. The Morgan fingerprint density at radius 1 is 1.19 bits per heavy atom. The van der Waals surface area contributed by atoms with Crippen molar-refractivity contribution in [3.05, 3.63) is 41.6 Å². The molecule has 1 aliphatic carbocycles. The maximum atomic E-state index is 13.2. The number of nitrogens with zero attached hydrogens (tertiary/aromatic N) is 2. The lowest BCUT2D eigenvalue weighted by Gasteiger charge is -2.37. The summed E-state index contributed by atoms with van der Waals surface area (Å²) in [5, 5.41) is 3.99. The molecule has 4 rings (SSSR count). The number of amides is 2. The van der Waals surface area contributed by atoms with E-state index in [1.54, 1.807) is 11.0 Å². The Bertz CT molecular complexity index is 953. The summed E-state index contributed by atoms with van der Waals surface area (Å²) in [5.41, 5.74) is 2.13. The highest BCUT2D eigenvalue weighted by molar-refractivity contribution is 7.80. The van der Waals surface area contributed by atoms with Crippen LogP contribution in [-0.4, -0.2) is 32.4 Å². The molecule has 1 saturated heterocycles. The van der Waals surface area contributed by atoms with E-state index in [1.807, 2.05) is 30.5 Å². The van der Waals surface area contributed by atoms with Gasteiger partial charge in [-0.1, -0.05) is 37.5 Å². The maximum absolute atomic E-state index is 13.2. The molecule has 0 radical (unpaired) electrons. The van der Waals surface area contributed by atoms with Gasteiger partial charge >= 0.3 is 0 Å². The summed E-state index contributed by atoms with van der Waals surface area (Å²) in [6.07, 6.45) is 8.95. The summed E-state index contributed by atoms with van der Waals surface area (Å²) < 4.78 is 2.12. The molecule has 1 saturated carbocycles. The average molecular weight is 382 g/mol. The number of aromatic nitrogens is 1. The summed E-state index contributed by atoms with van der Waals surface area (Å²) in [4.78, 5) is 27.3. The zero-order valence-electron chi connectivity index (χ0n) is 15.4. The van der Waals surface area contributed by atoms with Crippen LogP contribution in [0, 0.1) is 0 Å². The standard InChI is InChI=1S/C21H23N3O2S/c1-2-23-13-14(16-10-6-7-11-18(16)23)12-17-19(25)22-21(27)24(20(17)26)15-8-4-3-5-9-15/h6-7,10-13,15H,2-5,8-9H2,1H3,(H,22,25,27)/b17-12+. The van der Waals surface area contributed by atoms with Crippen LogP contribution in [0.25, 0.3) is 17.0 Å². The van der Waals surface area contributed by atoms with E-state index in [4.69, 9.17) is 12.2 Å². The molecule has 0 spiro atoms. The lowest BCUT2D eigenvalue weighted by molar-refractivity contribution is -0.130. The first kappa shape index (κ1) is 17.9. The lowest BCUT2D eigenvalue weighted by atomic mass is 9.93. The van der Waals surface area contributed by atoms with Crippen molar-refractivity contribution in [3.63, 3.8) is 0 Å². The third kappa shape index (κ3) is 3.18. The first-order valence-electron chi connectivity index (χ1n) is 9.58. The minimum Gasteiger partial charge on any atom is -0.347 e. The predicted molar refractivity (Wildman–Crippen MR) is 110 cm³/mol. The molecular weight excluding hydrogens is 358 g/mol. The van der Waals surface area contributed by atoms with Crippen molar-refractivity contribution < 1.29 is 9.59 Å². The van der Waals surface area contributed by atoms with Gasteiger partial charge in [-0.2, -0.15) is 0 Å². The molecule has 5 nitrogen and oxygen atoms in total. The Labute approximate surface area is 164 Å². The minimum atomic E-state index is -0.412. The normalized spacial score (nSPS) is 20.6. The van der Waals surface area contributed by atoms with Crippen molar-refractivity contribution in [2.45, 2.75) is 51.6 Å². The number of carbonyl (C=O) groups is 2. The van der Waals surface area contributed by atoms with Crippen LogP contribution in [0.3, 0.4) is 0 Å². The summed E-state index contributed by atoms with van der Waals surface area (Å²) in [7, 11) is 0. The fraction of sp³-hybridized carbons (Fsp3) is 0.381. The fourth-order valence-corrected chi connectivity index (χ4v) is 4.47. The Morgan fingerprint density at radius 3 is 2.67 bits per heavy atom. The number of nitrogens with one attached hydrogen (secondary N) is 1. The molecule has 0 bridgehead atoms. The number of fused-ring (bicyclic) bond motifs is 1. The SMILES string of the molecule is CCn1cc(/C=C2\C(=O)NC(=S)N(C3CCCCC3)C2=O)c2ccccc21. The number of benzene rings is 1. The molecule has 1 aromatic carbocycles. The second-order valence-corrected chi connectivity index (χ2v) is 7.56. The zero-order chi connectivity index (χ0) is 19.0. The van der Waals surface area contributed by atoms with Crippen LogP contribution in [0.2, 0.25) is 0 Å². The quantitative estimate of drug-likeness (QED) is 0.502. The van der Waals surface area contributed by atoms with Gasteiger partial charge in [0.2, 0.25) is 0 Å². The Kier molecular flexibility index (Phi) is 4.83. The van der Waals surface area contributed by atoms with Crippen LogP contribution in [0.4, 0.5) is 0 Å². The summed E-state index contributed by atoms with van der Waals surface area (Å²) in [5.74, 6) is -0.686. The molecule has 140 valence electrons. The molecule has 2 aliphatic rings. The molecule has 1 N–H and O–H groups in total. The van der Waals surface area contributed by atoms with Crippen LogP contribution in [0.15, 0.2) is 36.0 Å². The maximum Gasteiger partial charge on any atom is 0.265 e. The van der Waals surface area contributed by atoms with E-state index >= 15 is 0 Å². The molecule has 1 aromatic heterocycles. The number of hydrogen-bond acceptors (Lipinski definition) is 3. The van der Waals surface area contributed by atoms with Crippen LogP contribution in [0.5, 0.6) is 0 Å². The minimum absolute atomic E-state index is 0.0831. The number of para-hydroxylation sites is 1. The van der Waals surface area contributed by atoms with Gasteiger partial charge in [0.25, 0.3) is 11.8 Å². The Balaban J connectivity index is 1.74. The van der Waals surface area contributed by atoms with Crippen molar-refractivity contribution >= 4 is 46.1 Å². The van der Waals surface area contributed by atoms with Crippen molar-refractivity contribution in [1.29, 1.82) is 0 Å². The third-order valence-corrected chi connectivity index (χ3v) is 5.83.